The predicted octanol–water partition coefficient (Wildman–Crippen LogP) is -0.250. The van der Waals surface area contributed by atoms with Crippen molar-refractivity contribution in [1.82, 2.24) is 0 Å². The molecule has 0 aromatic rings. The molecule has 2 unspecified atom stereocenters. The Labute approximate surface area is 145 Å². The molecule has 22 heavy (non-hydrogen) atoms. The number of hydrogen-bond donors (Lipinski definition) is 6. The van der Waals surface area contributed by atoms with Crippen LogP contribution in [0.1, 0.15) is 25.7 Å². The summed E-state index contributed by atoms with van der Waals surface area (Å²) in [6, 6.07) is -0.379. The van der Waals surface area contributed by atoms with Crippen LogP contribution < -0.4 is 22.9 Å². The van der Waals surface area contributed by atoms with Gasteiger partial charge in [0.15, 0.2) is 0 Å². The Balaban J connectivity index is 4.11. The second-order valence-electron chi connectivity index (χ2n) is 5.45. The van der Waals surface area contributed by atoms with Crippen molar-refractivity contribution in [2.45, 2.75) is 42.5 Å². The maximum atomic E-state index is 6.26. The summed E-state index contributed by atoms with van der Waals surface area (Å²) in [6.45, 7) is 3.74. The van der Waals surface area contributed by atoms with Gasteiger partial charge in [0.1, 0.15) is 0 Å². The fourth-order valence-corrected chi connectivity index (χ4v) is 2.73. The van der Waals surface area contributed by atoms with Crippen molar-refractivity contribution in [3.05, 3.63) is 0 Å². The Hall–Kier alpha value is 0.460. The van der Waals surface area contributed by atoms with E-state index >= 15 is 0 Å². The minimum Gasteiger partial charge on any atom is -0.381 e. The van der Waals surface area contributed by atoms with Gasteiger partial charge in [-0.25, -0.2) is 0 Å². The molecule has 2 atom stereocenters. The molecule has 134 valence electrons. The van der Waals surface area contributed by atoms with Crippen LogP contribution in [0.3, 0.4) is 0 Å². The van der Waals surface area contributed by atoms with Crippen molar-refractivity contribution < 1.29 is 9.47 Å². The third-order valence-electron chi connectivity index (χ3n) is 3.67. The maximum absolute atomic E-state index is 6.26. The van der Waals surface area contributed by atoms with Gasteiger partial charge in [-0.2, -0.15) is 25.3 Å². The third kappa shape index (κ3) is 8.93. The largest absolute Gasteiger partial charge is 0.381 e. The number of thiol groups is 2. The summed E-state index contributed by atoms with van der Waals surface area (Å²) in [4.78, 5) is 0. The van der Waals surface area contributed by atoms with Gasteiger partial charge in [-0.05, 0) is 38.8 Å². The average Bonchev–Trinajstić information content (AvgIpc) is 2.53. The van der Waals surface area contributed by atoms with Crippen LogP contribution in [0.4, 0.5) is 0 Å². The Bertz CT molecular complexity index is 243. The van der Waals surface area contributed by atoms with Gasteiger partial charge >= 0.3 is 0 Å². The Kier molecular flexibility index (Phi) is 14.1. The molecule has 0 aliphatic heterocycles. The molecule has 0 radical (unpaired) electrons. The van der Waals surface area contributed by atoms with Crippen LogP contribution in [0.2, 0.25) is 0 Å². The van der Waals surface area contributed by atoms with Crippen molar-refractivity contribution in [2.24, 2.45) is 22.9 Å². The minimum atomic E-state index is -0.544. The van der Waals surface area contributed by atoms with Crippen LogP contribution >= 0.6 is 25.3 Å². The van der Waals surface area contributed by atoms with Gasteiger partial charge < -0.3 is 32.4 Å². The molecule has 6 nitrogen and oxygen atoms in total. The fraction of sp³-hybridized carbons (Fsp3) is 1.00. The van der Waals surface area contributed by atoms with Gasteiger partial charge in [0, 0.05) is 44.3 Å². The van der Waals surface area contributed by atoms with E-state index in [9.17, 15) is 0 Å². The van der Waals surface area contributed by atoms with Gasteiger partial charge in [0.05, 0.1) is 4.75 Å². The van der Waals surface area contributed by atoms with Gasteiger partial charge in [0.2, 0.25) is 0 Å². The molecule has 8 N–H and O–H groups in total. The quantitative estimate of drug-likeness (QED) is 0.178. The summed E-state index contributed by atoms with van der Waals surface area (Å²) in [5.41, 5.74) is 23.4. The van der Waals surface area contributed by atoms with Gasteiger partial charge in [-0.1, -0.05) is 0 Å². The Morgan fingerprint density at radius 2 is 1.23 bits per heavy atom. The number of hydrogen-bond acceptors (Lipinski definition) is 8. The first kappa shape index (κ1) is 22.5. The van der Waals surface area contributed by atoms with Crippen LogP contribution in [0.15, 0.2) is 0 Å². The Morgan fingerprint density at radius 3 is 1.55 bits per heavy atom. The van der Waals surface area contributed by atoms with E-state index < -0.39 is 4.75 Å². The van der Waals surface area contributed by atoms with Crippen LogP contribution in [0, 0.1) is 0 Å². The summed E-state index contributed by atoms with van der Waals surface area (Å²) in [6.07, 6.45) is 3.09. The lowest BCUT2D eigenvalue weighted by atomic mass is 9.89. The zero-order valence-electron chi connectivity index (χ0n) is 13.5. The van der Waals surface area contributed by atoms with Crippen molar-refractivity contribution in [3.8, 4) is 0 Å². The molecule has 8 heteroatoms. The lowest BCUT2D eigenvalue weighted by Crippen LogP contribution is -2.57. The molecule has 0 saturated heterocycles. The molecule has 0 aliphatic rings. The summed E-state index contributed by atoms with van der Waals surface area (Å²) >= 11 is 9.10. The number of rotatable bonds is 15. The molecule has 0 aliphatic carbocycles. The SMILES string of the molecule is NCCCOCCC(N)C(S)(CS)C(N)CCOCCCN. The maximum Gasteiger partial charge on any atom is 0.0520 e. The molecule has 0 aromatic carbocycles. The molecule has 0 bridgehead atoms. The molecular formula is C14H34N4O2S2. The van der Waals surface area contributed by atoms with E-state index in [2.05, 4.69) is 12.6 Å². The highest BCUT2D eigenvalue weighted by atomic mass is 32.1. The molecule has 0 rings (SSSR count). The lowest BCUT2D eigenvalue weighted by molar-refractivity contribution is 0.114. The molecule has 0 fully saturated rings. The van der Waals surface area contributed by atoms with E-state index in [4.69, 9.17) is 45.0 Å². The zero-order chi connectivity index (χ0) is 16.8. The third-order valence-corrected chi connectivity index (χ3v) is 5.26. The molecule has 0 heterocycles. The average molecular weight is 355 g/mol. The van der Waals surface area contributed by atoms with Crippen LogP contribution in [-0.4, -0.2) is 62.1 Å². The highest BCUT2D eigenvalue weighted by Gasteiger charge is 2.37. The zero-order valence-corrected chi connectivity index (χ0v) is 15.2. The molecule has 0 spiro atoms. The smallest absolute Gasteiger partial charge is 0.0520 e. The Morgan fingerprint density at radius 1 is 0.818 bits per heavy atom. The van der Waals surface area contributed by atoms with E-state index in [1.165, 1.54) is 0 Å². The van der Waals surface area contributed by atoms with Gasteiger partial charge in [-0.3, -0.25) is 0 Å². The topological polar surface area (TPSA) is 123 Å². The highest BCUT2D eigenvalue weighted by molar-refractivity contribution is 7.85. The van der Waals surface area contributed by atoms with Crippen LogP contribution in [0.25, 0.3) is 0 Å². The standard InChI is InChI=1S/C14H34N4O2S2/c15-5-1-7-19-9-3-12(17)14(22,11-21)13(18)4-10-20-8-2-6-16/h12-13,21-22H,1-11,15-18H2. The number of ether oxygens (including phenoxy) is 2. The summed E-state index contributed by atoms with van der Waals surface area (Å²) in [5, 5.41) is 0. The van der Waals surface area contributed by atoms with E-state index in [1.807, 2.05) is 0 Å². The predicted molar refractivity (Wildman–Crippen MR) is 99.7 cm³/mol. The second kappa shape index (κ2) is 13.9. The van der Waals surface area contributed by atoms with Crippen molar-refractivity contribution in [2.75, 3.05) is 45.3 Å². The highest BCUT2D eigenvalue weighted by Crippen LogP contribution is 2.27. The van der Waals surface area contributed by atoms with Gasteiger partial charge in [-0.15, -0.1) is 0 Å². The van der Waals surface area contributed by atoms with Gasteiger partial charge in [0.25, 0.3) is 0 Å². The first-order chi connectivity index (χ1) is 10.5. The fourth-order valence-electron chi connectivity index (χ4n) is 2.00. The first-order valence-electron chi connectivity index (χ1n) is 7.93. The lowest BCUT2D eigenvalue weighted by Gasteiger charge is -2.38. The minimum absolute atomic E-state index is 0.190. The van der Waals surface area contributed by atoms with Crippen molar-refractivity contribution >= 4 is 25.3 Å². The summed E-state index contributed by atoms with van der Waals surface area (Å²) in [5.74, 6) is 0.504. The second-order valence-corrected chi connectivity index (χ2v) is 6.60. The number of nitrogens with two attached hydrogens (primary N) is 4. The van der Waals surface area contributed by atoms with Crippen molar-refractivity contribution in [3.63, 3.8) is 0 Å². The van der Waals surface area contributed by atoms with E-state index in [-0.39, 0.29) is 12.1 Å². The summed E-state index contributed by atoms with van der Waals surface area (Å²) in [7, 11) is 0. The summed E-state index contributed by atoms with van der Waals surface area (Å²) < 4.78 is 10.4. The molecule has 0 saturated carbocycles. The monoisotopic (exact) mass is 354 g/mol. The van der Waals surface area contributed by atoms with Crippen molar-refractivity contribution in [1.29, 1.82) is 0 Å². The molecule has 0 amide bonds. The van der Waals surface area contributed by atoms with Crippen LogP contribution in [0.5, 0.6) is 0 Å². The van der Waals surface area contributed by atoms with E-state index in [1.54, 1.807) is 0 Å². The first-order valence-corrected chi connectivity index (χ1v) is 9.00. The van der Waals surface area contributed by atoms with E-state index in [0.29, 0.717) is 58.1 Å². The van der Waals surface area contributed by atoms with Crippen LogP contribution in [-0.2, 0) is 9.47 Å². The molecule has 0 aromatic heterocycles. The molecular weight excluding hydrogens is 320 g/mol. The van der Waals surface area contributed by atoms with E-state index in [0.717, 1.165) is 12.8 Å². The normalized spacial score (nSPS) is 17.2.